The molecule has 3 amide bonds. The first-order valence-corrected chi connectivity index (χ1v) is 6.66. The first-order valence-electron chi connectivity index (χ1n) is 5.78. The largest absolute Gasteiger partial charge is 0.450 e. The van der Waals surface area contributed by atoms with Gasteiger partial charge in [0, 0.05) is 18.2 Å². The minimum Gasteiger partial charge on any atom is -0.450 e. The lowest BCUT2D eigenvalue weighted by atomic mass is 10.3. The highest BCUT2D eigenvalue weighted by molar-refractivity contribution is 7.98. The Balaban J connectivity index is 2.15. The van der Waals surface area contributed by atoms with Crippen LogP contribution in [0.25, 0.3) is 0 Å². The van der Waals surface area contributed by atoms with Gasteiger partial charge in [-0.25, -0.2) is 14.9 Å². The maximum atomic E-state index is 11.3. The Kier molecular flexibility index (Phi) is 6.34. The van der Waals surface area contributed by atoms with E-state index in [9.17, 15) is 9.59 Å². The van der Waals surface area contributed by atoms with Crippen molar-refractivity contribution in [2.24, 2.45) is 4.99 Å². The number of hydrogen-bond acceptors (Lipinski definition) is 6. The van der Waals surface area contributed by atoms with E-state index in [1.165, 1.54) is 11.9 Å². The van der Waals surface area contributed by atoms with E-state index in [1.54, 1.807) is 6.92 Å². The number of hydrogen-bond donors (Lipinski definition) is 3. The molecule has 1 heterocycles. The molecular weight excluding hydrogens is 256 g/mol. The van der Waals surface area contributed by atoms with Gasteiger partial charge in [-0.3, -0.25) is 9.71 Å². The van der Waals surface area contributed by atoms with E-state index in [4.69, 9.17) is 0 Å². The van der Waals surface area contributed by atoms with Crippen molar-refractivity contribution >= 4 is 29.9 Å². The van der Waals surface area contributed by atoms with Crippen LogP contribution in [0.1, 0.15) is 20.3 Å². The maximum absolute atomic E-state index is 11.3. The number of rotatable bonds is 5. The number of aliphatic imine (C=N–C) groups is 1. The molecule has 0 spiro atoms. The Labute approximate surface area is 110 Å². The zero-order valence-electron chi connectivity index (χ0n) is 10.5. The highest BCUT2D eigenvalue weighted by Crippen LogP contribution is 2.11. The number of urea groups is 1. The van der Waals surface area contributed by atoms with Gasteiger partial charge in [-0.1, -0.05) is 6.92 Å². The summed E-state index contributed by atoms with van der Waals surface area (Å²) >= 11 is 1.24. The first-order chi connectivity index (χ1) is 8.61. The van der Waals surface area contributed by atoms with Crippen molar-refractivity contribution in [3.8, 4) is 0 Å². The molecule has 0 aromatic carbocycles. The fourth-order valence-electron chi connectivity index (χ4n) is 1.34. The van der Waals surface area contributed by atoms with E-state index in [1.807, 2.05) is 6.92 Å². The molecule has 0 aliphatic carbocycles. The predicted molar refractivity (Wildman–Crippen MR) is 70.7 cm³/mol. The zero-order valence-corrected chi connectivity index (χ0v) is 11.3. The first kappa shape index (κ1) is 14.6. The van der Waals surface area contributed by atoms with Crippen LogP contribution in [0, 0.1) is 0 Å². The summed E-state index contributed by atoms with van der Waals surface area (Å²) in [5.74, 6) is 0.961. The highest BCUT2D eigenvalue weighted by Gasteiger charge is 2.13. The van der Waals surface area contributed by atoms with Gasteiger partial charge >= 0.3 is 12.1 Å². The average Bonchev–Trinajstić information content (AvgIpc) is 2.79. The lowest BCUT2D eigenvalue weighted by Crippen LogP contribution is -2.37. The number of ether oxygens (including phenoxy) is 1. The van der Waals surface area contributed by atoms with Crippen molar-refractivity contribution in [3.63, 3.8) is 0 Å². The normalized spacial score (nSPS) is 15.3. The molecule has 0 aromatic heterocycles. The molecule has 0 unspecified atom stereocenters. The molecule has 0 saturated carbocycles. The fraction of sp³-hybridized carbons (Fsp3) is 0.700. The molecule has 0 radical (unpaired) electrons. The van der Waals surface area contributed by atoms with E-state index >= 15 is 0 Å². The number of nitrogens with zero attached hydrogens (tertiary/aromatic N) is 1. The molecular formula is C10H18N4O3S. The lowest BCUT2D eigenvalue weighted by molar-refractivity contribution is 0.153. The van der Waals surface area contributed by atoms with Crippen LogP contribution in [-0.4, -0.2) is 42.9 Å². The zero-order chi connectivity index (χ0) is 13.4. The van der Waals surface area contributed by atoms with E-state index < -0.39 is 12.1 Å². The SMILES string of the molecule is CCOC(=O)NC(=O)NS[C@@H](C)CC1=NCCN1. The van der Waals surface area contributed by atoms with E-state index in [0.29, 0.717) is 0 Å². The van der Waals surface area contributed by atoms with Crippen molar-refractivity contribution in [1.82, 2.24) is 15.4 Å². The topological polar surface area (TPSA) is 91.8 Å². The van der Waals surface area contributed by atoms with Crippen molar-refractivity contribution in [1.29, 1.82) is 0 Å². The van der Waals surface area contributed by atoms with Gasteiger partial charge in [-0.2, -0.15) is 0 Å². The van der Waals surface area contributed by atoms with Gasteiger partial charge in [0.2, 0.25) is 0 Å². The molecule has 8 heteroatoms. The fourth-order valence-corrected chi connectivity index (χ4v) is 1.94. The molecule has 0 aromatic rings. The smallest absolute Gasteiger partial charge is 0.415 e. The third kappa shape index (κ3) is 5.76. The highest BCUT2D eigenvalue weighted by atomic mass is 32.2. The molecule has 7 nitrogen and oxygen atoms in total. The number of nitrogens with one attached hydrogen (secondary N) is 3. The lowest BCUT2D eigenvalue weighted by Gasteiger charge is -2.12. The average molecular weight is 274 g/mol. The standard InChI is InChI=1S/C10H18N4O3S/c1-3-17-10(16)13-9(15)14-18-7(2)6-8-11-4-5-12-8/h7H,3-6H2,1-2H3,(H,11,12)(H2,13,14,15,16)/t7-/m0/s1. The summed E-state index contributed by atoms with van der Waals surface area (Å²) in [5, 5.41) is 5.38. The van der Waals surface area contributed by atoms with Crippen LogP contribution < -0.4 is 15.4 Å². The van der Waals surface area contributed by atoms with Crippen molar-refractivity contribution in [2.75, 3.05) is 19.7 Å². The second-order valence-corrected chi connectivity index (χ2v) is 4.91. The van der Waals surface area contributed by atoms with Crippen LogP contribution in [0.2, 0.25) is 0 Å². The Hall–Kier alpha value is -1.44. The van der Waals surface area contributed by atoms with E-state index in [-0.39, 0.29) is 11.9 Å². The van der Waals surface area contributed by atoms with Crippen LogP contribution in [0.3, 0.4) is 0 Å². The third-order valence-electron chi connectivity index (χ3n) is 2.07. The molecule has 1 atom stereocenters. The Morgan fingerprint density at radius 2 is 2.39 bits per heavy atom. The van der Waals surface area contributed by atoms with Gasteiger partial charge in [-0.05, 0) is 18.9 Å². The number of carbonyl (C=O) groups excluding carboxylic acids is 2. The molecule has 18 heavy (non-hydrogen) atoms. The Bertz CT molecular complexity index is 335. The summed E-state index contributed by atoms with van der Waals surface area (Å²) < 4.78 is 7.11. The number of amides is 3. The maximum Gasteiger partial charge on any atom is 0.415 e. The molecule has 1 aliphatic rings. The summed E-state index contributed by atoms with van der Waals surface area (Å²) in [4.78, 5) is 26.5. The van der Waals surface area contributed by atoms with E-state index in [2.05, 4.69) is 25.1 Å². The molecule has 0 fully saturated rings. The van der Waals surface area contributed by atoms with Gasteiger partial charge in [-0.15, -0.1) is 0 Å². The molecule has 1 rings (SSSR count). The summed E-state index contributed by atoms with van der Waals surface area (Å²) in [7, 11) is 0. The second-order valence-electron chi connectivity index (χ2n) is 3.66. The van der Waals surface area contributed by atoms with Gasteiger partial charge in [0.05, 0.1) is 19.0 Å². The predicted octanol–water partition coefficient (Wildman–Crippen LogP) is 0.871. The quantitative estimate of drug-likeness (QED) is 0.647. The Morgan fingerprint density at radius 3 is 3.00 bits per heavy atom. The van der Waals surface area contributed by atoms with Crippen LogP contribution in [0.4, 0.5) is 9.59 Å². The molecule has 102 valence electrons. The summed E-state index contributed by atoms with van der Waals surface area (Å²) in [6.45, 7) is 5.56. The summed E-state index contributed by atoms with van der Waals surface area (Å²) in [6, 6.07) is -0.577. The number of carbonyl (C=O) groups is 2. The summed E-state index contributed by atoms with van der Waals surface area (Å²) in [5.41, 5.74) is 0. The van der Waals surface area contributed by atoms with Gasteiger partial charge in [0.15, 0.2) is 0 Å². The van der Waals surface area contributed by atoms with Crippen molar-refractivity contribution in [2.45, 2.75) is 25.5 Å². The van der Waals surface area contributed by atoms with Crippen LogP contribution in [-0.2, 0) is 4.74 Å². The summed E-state index contributed by atoms with van der Waals surface area (Å²) in [6.07, 6.45) is 0.00903. The van der Waals surface area contributed by atoms with Gasteiger partial charge < -0.3 is 10.1 Å². The molecule has 3 N–H and O–H groups in total. The van der Waals surface area contributed by atoms with Crippen LogP contribution in [0.5, 0.6) is 0 Å². The van der Waals surface area contributed by atoms with Crippen molar-refractivity contribution in [3.05, 3.63) is 0 Å². The number of imide groups is 1. The number of amidine groups is 1. The van der Waals surface area contributed by atoms with E-state index in [0.717, 1.165) is 25.3 Å². The van der Waals surface area contributed by atoms with Gasteiger partial charge in [0.1, 0.15) is 0 Å². The molecule has 0 saturated heterocycles. The minimum atomic E-state index is -0.745. The van der Waals surface area contributed by atoms with Crippen molar-refractivity contribution < 1.29 is 14.3 Å². The van der Waals surface area contributed by atoms with Gasteiger partial charge in [0.25, 0.3) is 0 Å². The Morgan fingerprint density at radius 1 is 1.61 bits per heavy atom. The molecule has 0 bridgehead atoms. The monoisotopic (exact) mass is 274 g/mol. The molecule has 1 aliphatic heterocycles. The minimum absolute atomic E-state index is 0.169. The number of alkyl carbamates (subject to hydrolysis) is 1. The second kappa shape index (κ2) is 7.80. The third-order valence-corrected chi connectivity index (χ3v) is 2.94. The van der Waals surface area contributed by atoms with Crippen LogP contribution >= 0.6 is 11.9 Å². The van der Waals surface area contributed by atoms with Crippen LogP contribution in [0.15, 0.2) is 4.99 Å².